The molecule has 5 heteroatoms. The smallest absolute Gasteiger partial charge is 0.137 e. The number of hydrogen-bond acceptors (Lipinski definition) is 2. The zero-order valence-corrected chi connectivity index (χ0v) is 12.9. The van der Waals surface area contributed by atoms with Crippen molar-refractivity contribution in [2.45, 2.75) is 13.0 Å². The van der Waals surface area contributed by atoms with Crippen LogP contribution in [-0.4, -0.2) is 6.54 Å². The van der Waals surface area contributed by atoms with E-state index in [0.717, 1.165) is 17.0 Å². The van der Waals surface area contributed by atoms with Gasteiger partial charge in [0.1, 0.15) is 5.82 Å². The van der Waals surface area contributed by atoms with Gasteiger partial charge in [-0.25, -0.2) is 4.39 Å². The summed E-state index contributed by atoms with van der Waals surface area (Å²) in [4.78, 5) is 1.00. The number of rotatable bonds is 4. The van der Waals surface area contributed by atoms with E-state index in [9.17, 15) is 4.39 Å². The molecule has 1 heterocycles. The van der Waals surface area contributed by atoms with Crippen LogP contribution in [0.1, 0.15) is 23.4 Å². The molecule has 18 heavy (non-hydrogen) atoms. The average molecular weight is 349 g/mol. The zero-order valence-electron chi connectivity index (χ0n) is 9.71. The molecule has 96 valence electrons. The summed E-state index contributed by atoms with van der Waals surface area (Å²) in [6, 6.07) is 6.82. The van der Waals surface area contributed by atoms with Gasteiger partial charge in [-0.15, -0.1) is 11.3 Å². The molecule has 2 rings (SSSR count). The minimum absolute atomic E-state index is 0.0902. The van der Waals surface area contributed by atoms with Gasteiger partial charge in [-0.05, 0) is 45.6 Å². The summed E-state index contributed by atoms with van der Waals surface area (Å²) in [5.41, 5.74) is 0.862. The fourth-order valence-electron chi connectivity index (χ4n) is 1.80. The van der Waals surface area contributed by atoms with Crippen LogP contribution in [0, 0.1) is 5.82 Å². The molecule has 1 aromatic heterocycles. The van der Waals surface area contributed by atoms with Crippen molar-refractivity contribution in [1.82, 2.24) is 5.32 Å². The molecule has 2 aromatic rings. The van der Waals surface area contributed by atoms with Gasteiger partial charge in [0.2, 0.25) is 0 Å². The Morgan fingerprint density at radius 1 is 1.44 bits per heavy atom. The van der Waals surface area contributed by atoms with Crippen molar-refractivity contribution in [2.24, 2.45) is 0 Å². The SMILES string of the molecule is CCNC(c1cccc(F)c1Br)c1sccc1Cl. The van der Waals surface area contributed by atoms with Crippen molar-refractivity contribution in [2.75, 3.05) is 6.54 Å². The highest BCUT2D eigenvalue weighted by Gasteiger charge is 2.21. The molecule has 0 radical (unpaired) electrons. The van der Waals surface area contributed by atoms with Gasteiger partial charge in [0, 0.05) is 4.88 Å². The summed E-state index contributed by atoms with van der Waals surface area (Å²) >= 11 is 11.1. The van der Waals surface area contributed by atoms with Crippen LogP contribution in [0.15, 0.2) is 34.1 Å². The monoisotopic (exact) mass is 347 g/mol. The predicted molar refractivity (Wildman–Crippen MR) is 78.9 cm³/mol. The lowest BCUT2D eigenvalue weighted by atomic mass is 10.1. The lowest BCUT2D eigenvalue weighted by molar-refractivity contribution is 0.599. The zero-order chi connectivity index (χ0) is 13.1. The Hall–Kier alpha value is -0.420. The van der Waals surface area contributed by atoms with Gasteiger partial charge in [-0.3, -0.25) is 0 Å². The van der Waals surface area contributed by atoms with Crippen LogP contribution in [0.2, 0.25) is 5.02 Å². The highest BCUT2D eigenvalue weighted by molar-refractivity contribution is 9.10. The maximum Gasteiger partial charge on any atom is 0.137 e. The van der Waals surface area contributed by atoms with Gasteiger partial charge in [-0.1, -0.05) is 30.7 Å². The Morgan fingerprint density at radius 3 is 2.83 bits per heavy atom. The summed E-state index contributed by atoms with van der Waals surface area (Å²) in [5, 5.41) is 5.99. The van der Waals surface area contributed by atoms with Gasteiger partial charge < -0.3 is 5.32 Å². The molecule has 1 unspecified atom stereocenters. The minimum atomic E-state index is -0.261. The van der Waals surface area contributed by atoms with Crippen LogP contribution < -0.4 is 5.32 Å². The van der Waals surface area contributed by atoms with Gasteiger partial charge in [-0.2, -0.15) is 0 Å². The van der Waals surface area contributed by atoms with Crippen molar-refractivity contribution >= 4 is 38.9 Å². The highest BCUT2D eigenvalue weighted by Crippen LogP contribution is 2.36. The first-order chi connectivity index (χ1) is 8.65. The van der Waals surface area contributed by atoms with E-state index < -0.39 is 0 Å². The first-order valence-electron chi connectivity index (χ1n) is 5.55. The second-order valence-electron chi connectivity index (χ2n) is 3.77. The lowest BCUT2D eigenvalue weighted by Crippen LogP contribution is -2.22. The molecule has 1 nitrogen and oxygen atoms in total. The van der Waals surface area contributed by atoms with E-state index >= 15 is 0 Å². The molecule has 0 aliphatic rings. The Bertz CT molecular complexity index is 544. The molecular formula is C13H12BrClFNS. The molecular weight excluding hydrogens is 337 g/mol. The van der Waals surface area contributed by atoms with E-state index in [-0.39, 0.29) is 11.9 Å². The predicted octanol–water partition coefficient (Wildman–Crippen LogP) is 5.00. The number of thiophene rings is 1. The molecule has 0 aliphatic heterocycles. The molecule has 0 saturated carbocycles. The van der Waals surface area contributed by atoms with E-state index in [2.05, 4.69) is 21.2 Å². The second kappa shape index (κ2) is 6.15. The summed E-state index contributed by atoms with van der Waals surface area (Å²) in [5.74, 6) is -0.261. The molecule has 1 N–H and O–H groups in total. The van der Waals surface area contributed by atoms with E-state index in [1.54, 1.807) is 17.4 Å². The third-order valence-electron chi connectivity index (χ3n) is 2.61. The van der Waals surface area contributed by atoms with E-state index in [0.29, 0.717) is 9.50 Å². The van der Waals surface area contributed by atoms with Crippen LogP contribution in [0.4, 0.5) is 4.39 Å². The lowest BCUT2D eigenvalue weighted by Gasteiger charge is -2.19. The third kappa shape index (κ3) is 2.77. The Kier molecular flexibility index (Phi) is 4.78. The van der Waals surface area contributed by atoms with Crippen LogP contribution in [0.5, 0.6) is 0 Å². The van der Waals surface area contributed by atoms with E-state index in [1.807, 2.05) is 24.4 Å². The van der Waals surface area contributed by atoms with Crippen molar-refractivity contribution in [3.63, 3.8) is 0 Å². The standard InChI is InChI=1S/C13H12BrClFNS/c1-2-17-12(13-9(15)6-7-18-13)8-4-3-5-10(16)11(8)14/h3-7,12,17H,2H2,1H3. The van der Waals surface area contributed by atoms with Crippen LogP contribution >= 0.6 is 38.9 Å². The summed E-state index contributed by atoms with van der Waals surface area (Å²) in [6.45, 7) is 2.80. The molecule has 0 saturated heterocycles. The normalized spacial score (nSPS) is 12.7. The fourth-order valence-corrected chi connectivity index (χ4v) is 3.55. The summed E-state index contributed by atoms with van der Waals surface area (Å²) in [6.07, 6.45) is 0. The fraction of sp³-hybridized carbons (Fsp3) is 0.231. The van der Waals surface area contributed by atoms with Crippen LogP contribution in [-0.2, 0) is 0 Å². The molecule has 1 atom stereocenters. The average Bonchev–Trinajstić information content (AvgIpc) is 2.76. The summed E-state index contributed by atoms with van der Waals surface area (Å²) in [7, 11) is 0. The maximum atomic E-state index is 13.6. The second-order valence-corrected chi connectivity index (χ2v) is 5.91. The molecule has 0 spiro atoms. The van der Waals surface area contributed by atoms with Crippen molar-refractivity contribution in [3.8, 4) is 0 Å². The minimum Gasteiger partial charge on any atom is -0.306 e. The van der Waals surface area contributed by atoms with Crippen molar-refractivity contribution in [3.05, 3.63) is 55.4 Å². The number of benzene rings is 1. The van der Waals surface area contributed by atoms with E-state index in [4.69, 9.17) is 11.6 Å². The van der Waals surface area contributed by atoms with E-state index in [1.165, 1.54) is 6.07 Å². The third-order valence-corrected chi connectivity index (χ3v) is 4.87. The summed E-state index contributed by atoms with van der Waals surface area (Å²) < 4.78 is 14.1. The quantitative estimate of drug-likeness (QED) is 0.819. The van der Waals surface area contributed by atoms with Gasteiger partial charge in [0.05, 0.1) is 15.5 Å². The Labute approximate surface area is 123 Å². The Balaban J connectivity index is 2.48. The van der Waals surface area contributed by atoms with Crippen LogP contribution in [0.25, 0.3) is 0 Å². The first-order valence-corrected chi connectivity index (χ1v) is 7.60. The van der Waals surface area contributed by atoms with Gasteiger partial charge in [0.25, 0.3) is 0 Å². The molecule has 1 aromatic carbocycles. The maximum absolute atomic E-state index is 13.6. The molecule has 0 fully saturated rings. The topological polar surface area (TPSA) is 12.0 Å². The number of hydrogen-bond donors (Lipinski definition) is 1. The van der Waals surface area contributed by atoms with Crippen molar-refractivity contribution in [1.29, 1.82) is 0 Å². The number of nitrogens with one attached hydrogen (secondary N) is 1. The number of halogens is 3. The largest absolute Gasteiger partial charge is 0.306 e. The molecule has 0 bridgehead atoms. The molecule has 0 amide bonds. The van der Waals surface area contributed by atoms with Crippen molar-refractivity contribution < 1.29 is 4.39 Å². The highest BCUT2D eigenvalue weighted by atomic mass is 79.9. The van der Waals surface area contributed by atoms with Gasteiger partial charge in [0.15, 0.2) is 0 Å². The van der Waals surface area contributed by atoms with Crippen LogP contribution in [0.3, 0.4) is 0 Å². The Morgan fingerprint density at radius 2 is 2.22 bits per heavy atom. The molecule has 0 aliphatic carbocycles. The van der Waals surface area contributed by atoms with Gasteiger partial charge >= 0.3 is 0 Å². The first kappa shape index (κ1) is 14.0.